The standard InChI is InChI=1S/C16H11ClN2O/c1-20-13-3-5-15-10(7-13)6-12-9-18-14-8-11(17)2-4-16(14)19(12)15/h2-9H,1H3. The highest BCUT2D eigenvalue weighted by Crippen LogP contribution is 2.28. The van der Waals surface area contributed by atoms with Gasteiger partial charge in [0.15, 0.2) is 0 Å². The van der Waals surface area contributed by atoms with Crippen molar-refractivity contribution in [2.24, 2.45) is 0 Å². The van der Waals surface area contributed by atoms with Crippen LogP contribution in [-0.4, -0.2) is 16.5 Å². The zero-order valence-corrected chi connectivity index (χ0v) is 11.6. The van der Waals surface area contributed by atoms with Crippen LogP contribution in [0.1, 0.15) is 0 Å². The summed E-state index contributed by atoms with van der Waals surface area (Å²) in [6, 6.07) is 13.9. The van der Waals surface area contributed by atoms with Gasteiger partial charge in [-0.25, -0.2) is 0 Å². The van der Waals surface area contributed by atoms with Crippen molar-refractivity contribution in [3.8, 4) is 5.75 Å². The molecular formula is C16H11ClN2O. The quantitative estimate of drug-likeness (QED) is 0.520. The summed E-state index contributed by atoms with van der Waals surface area (Å²) in [5.74, 6) is 0.855. The lowest BCUT2D eigenvalue weighted by Crippen LogP contribution is -1.90. The molecule has 0 bridgehead atoms. The fourth-order valence-electron chi connectivity index (χ4n) is 2.63. The molecule has 2 heterocycles. The Hall–Kier alpha value is -2.26. The van der Waals surface area contributed by atoms with Crippen LogP contribution in [0.25, 0.3) is 27.5 Å². The summed E-state index contributed by atoms with van der Waals surface area (Å²) in [5.41, 5.74) is 4.13. The normalized spacial score (nSPS) is 11.5. The molecule has 0 aliphatic rings. The van der Waals surface area contributed by atoms with E-state index < -0.39 is 0 Å². The Balaban J connectivity index is 2.20. The predicted molar refractivity (Wildman–Crippen MR) is 81.8 cm³/mol. The monoisotopic (exact) mass is 282 g/mol. The summed E-state index contributed by atoms with van der Waals surface area (Å²) in [4.78, 5) is 4.47. The maximum atomic E-state index is 6.04. The molecule has 0 unspecified atom stereocenters. The van der Waals surface area contributed by atoms with Gasteiger partial charge in [0.25, 0.3) is 0 Å². The maximum Gasteiger partial charge on any atom is 0.119 e. The van der Waals surface area contributed by atoms with Crippen molar-refractivity contribution in [1.82, 2.24) is 9.38 Å². The first-order valence-corrected chi connectivity index (χ1v) is 6.67. The van der Waals surface area contributed by atoms with Gasteiger partial charge in [0, 0.05) is 10.4 Å². The number of benzene rings is 2. The average Bonchev–Trinajstić information content (AvgIpc) is 2.84. The molecule has 20 heavy (non-hydrogen) atoms. The molecule has 0 amide bonds. The van der Waals surface area contributed by atoms with Crippen LogP contribution in [0.2, 0.25) is 5.02 Å². The average molecular weight is 283 g/mol. The third-order valence-electron chi connectivity index (χ3n) is 3.55. The second-order valence-electron chi connectivity index (χ2n) is 4.72. The molecular weight excluding hydrogens is 272 g/mol. The molecule has 0 saturated carbocycles. The minimum Gasteiger partial charge on any atom is -0.497 e. The van der Waals surface area contributed by atoms with Gasteiger partial charge >= 0.3 is 0 Å². The number of hydrogen-bond acceptors (Lipinski definition) is 2. The molecule has 4 aromatic rings. The van der Waals surface area contributed by atoms with Crippen molar-refractivity contribution in [2.45, 2.75) is 0 Å². The van der Waals surface area contributed by atoms with Gasteiger partial charge in [0.2, 0.25) is 0 Å². The lowest BCUT2D eigenvalue weighted by atomic mass is 10.2. The Morgan fingerprint density at radius 1 is 1.05 bits per heavy atom. The number of fused-ring (bicyclic) bond motifs is 5. The first-order valence-electron chi connectivity index (χ1n) is 6.30. The summed E-state index contributed by atoms with van der Waals surface area (Å²) in [6.45, 7) is 0. The molecule has 2 aromatic carbocycles. The van der Waals surface area contributed by atoms with Gasteiger partial charge in [-0.15, -0.1) is 0 Å². The highest BCUT2D eigenvalue weighted by atomic mass is 35.5. The molecule has 4 rings (SSSR count). The Labute approximate surface area is 120 Å². The number of nitrogens with zero attached hydrogens (tertiary/aromatic N) is 2. The first kappa shape index (κ1) is 11.6. The van der Waals surface area contributed by atoms with Gasteiger partial charge in [0.05, 0.1) is 35.4 Å². The molecule has 0 aliphatic heterocycles. The highest BCUT2D eigenvalue weighted by molar-refractivity contribution is 6.31. The topological polar surface area (TPSA) is 26.5 Å². The number of rotatable bonds is 1. The van der Waals surface area contributed by atoms with Crippen molar-refractivity contribution in [1.29, 1.82) is 0 Å². The van der Waals surface area contributed by atoms with Crippen LogP contribution in [0.4, 0.5) is 0 Å². The van der Waals surface area contributed by atoms with Crippen molar-refractivity contribution >= 4 is 39.1 Å². The summed E-state index contributed by atoms with van der Waals surface area (Å²) in [6.07, 6.45) is 1.87. The second-order valence-corrected chi connectivity index (χ2v) is 5.16. The van der Waals surface area contributed by atoms with Crippen molar-refractivity contribution in [3.05, 3.63) is 53.7 Å². The van der Waals surface area contributed by atoms with E-state index in [0.717, 1.165) is 33.2 Å². The molecule has 0 fully saturated rings. The fraction of sp³-hybridized carbons (Fsp3) is 0.0625. The molecule has 0 spiro atoms. The lowest BCUT2D eigenvalue weighted by Gasteiger charge is -2.04. The van der Waals surface area contributed by atoms with E-state index in [2.05, 4.69) is 21.5 Å². The number of methoxy groups -OCH3 is 1. The van der Waals surface area contributed by atoms with Gasteiger partial charge in [-0.1, -0.05) is 11.6 Å². The lowest BCUT2D eigenvalue weighted by molar-refractivity contribution is 0.415. The van der Waals surface area contributed by atoms with E-state index in [4.69, 9.17) is 16.3 Å². The maximum absolute atomic E-state index is 6.04. The molecule has 0 aliphatic carbocycles. The van der Waals surface area contributed by atoms with Crippen LogP contribution in [-0.2, 0) is 0 Å². The summed E-state index contributed by atoms with van der Waals surface area (Å²) in [7, 11) is 1.68. The van der Waals surface area contributed by atoms with Crippen LogP contribution in [0, 0.1) is 0 Å². The number of hydrogen-bond donors (Lipinski definition) is 0. The van der Waals surface area contributed by atoms with E-state index >= 15 is 0 Å². The Morgan fingerprint density at radius 3 is 2.75 bits per heavy atom. The van der Waals surface area contributed by atoms with Crippen LogP contribution in [0.15, 0.2) is 48.7 Å². The molecule has 0 radical (unpaired) electrons. The SMILES string of the molecule is COc1ccc2c(c1)cc1cnc3cc(Cl)ccc3n12. The molecule has 0 N–H and O–H groups in total. The van der Waals surface area contributed by atoms with Gasteiger partial charge in [-0.05, 0) is 42.5 Å². The van der Waals surface area contributed by atoms with Crippen molar-refractivity contribution in [3.63, 3.8) is 0 Å². The number of ether oxygens (including phenoxy) is 1. The summed E-state index contributed by atoms with van der Waals surface area (Å²) in [5, 5.41) is 1.83. The van der Waals surface area contributed by atoms with E-state index in [-0.39, 0.29) is 0 Å². The van der Waals surface area contributed by atoms with Crippen LogP contribution in [0.3, 0.4) is 0 Å². The Morgan fingerprint density at radius 2 is 1.90 bits per heavy atom. The van der Waals surface area contributed by atoms with E-state index in [1.54, 1.807) is 7.11 Å². The zero-order valence-electron chi connectivity index (χ0n) is 10.8. The smallest absolute Gasteiger partial charge is 0.119 e. The molecule has 4 heteroatoms. The second kappa shape index (κ2) is 4.12. The highest BCUT2D eigenvalue weighted by Gasteiger charge is 2.08. The third-order valence-corrected chi connectivity index (χ3v) is 3.79. The zero-order chi connectivity index (χ0) is 13.7. The van der Waals surface area contributed by atoms with Crippen LogP contribution >= 0.6 is 11.6 Å². The van der Waals surface area contributed by atoms with E-state index in [1.807, 2.05) is 36.5 Å². The van der Waals surface area contributed by atoms with E-state index in [9.17, 15) is 0 Å². The van der Waals surface area contributed by atoms with Crippen molar-refractivity contribution < 1.29 is 4.74 Å². The van der Waals surface area contributed by atoms with Gasteiger partial charge in [-0.2, -0.15) is 0 Å². The van der Waals surface area contributed by atoms with Gasteiger partial charge < -0.3 is 9.14 Å². The number of aromatic nitrogens is 2. The van der Waals surface area contributed by atoms with Gasteiger partial charge in [0.1, 0.15) is 5.75 Å². The van der Waals surface area contributed by atoms with Crippen LogP contribution < -0.4 is 4.74 Å². The summed E-state index contributed by atoms with van der Waals surface area (Å²) < 4.78 is 7.47. The third kappa shape index (κ3) is 1.57. The molecule has 98 valence electrons. The Bertz CT molecular complexity index is 959. The van der Waals surface area contributed by atoms with E-state index in [0.29, 0.717) is 5.02 Å². The minimum absolute atomic E-state index is 0.697. The van der Waals surface area contributed by atoms with E-state index in [1.165, 1.54) is 0 Å². The first-order chi connectivity index (χ1) is 9.76. The van der Waals surface area contributed by atoms with Crippen LogP contribution in [0.5, 0.6) is 5.75 Å². The molecule has 2 aromatic heterocycles. The van der Waals surface area contributed by atoms with Gasteiger partial charge in [-0.3, -0.25) is 4.98 Å². The molecule has 0 atom stereocenters. The fourth-order valence-corrected chi connectivity index (χ4v) is 2.80. The Kier molecular flexibility index (Phi) is 2.38. The summed E-state index contributed by atoms with van der Waals surface area (Å²) >= 11 is 6.04. The van der Waals surface area contributed by atoms with Crippen molar-refractivity contribution in [2.75, 3.05) is 7.11 Å². The largest absolute Gasteiger partial charge is 0.497 e. The molecule has 3 nitrogen and oxygen atoms in total. The minimum atomic E-state index is 0.697. The molecule has 0 saturated heterocycles. The number of halogens is 1. The predicted octanol–water partition coefficient (Wildman–Crippen LogP) is 4.30.